The number of pyridine rings is 2. The van der Waals surface area contributed by atoms with E-state index in [-0.39, 0.29) is 0 Å². The van der Waals surface area contributed by atoms with E-state index in [1.807, 2.05) is 42.9 Å². The zero-order valence-corrected chi connectivity index (χ0v) is 12.4. The van der Waals surface area contributed by atoms with Crippen molar-refractivity contribution in [1.82, 2.24) is 4.98 Å². The summed E-state index contributed by atoms with van der Waals surface area (Å²) < 4.78 is 30.5. The Morgan fingerprint density at radius 1 is 1.14 bits per heavy atom. The molecule has 0 saturated heterocycles. The van der Waals surface area contributed by atoms with Gasteiger partial charge in [0.15, 0.2) is 6.20 Å². The summed E-state index contributed by atoms with van der Waals surface area (Å²) in [6, 6.07) is 9.47. The normalized spacial score (nSPS) is 14.0. The number of rotatable bonds is 1. The van der Waals surface area contributed by atoms with E-state index >= 15 is 0 Å². The fraction of sp³-hybridized carbons (Fsp3) is 0.158. The van der Waals surface area contributed by atoms with Gasteiger partial charge in [-0.1, -0.05) is 0 Å². The average molecular weight is 292 g/mol. The minimum Gasteiger partial charge on any atom is -0.456 e. The highest BCUT2D eigenvalue weighted by atomic mass is 16.3. The second kappa shape index (κ2) is 4.67. The summed E-state index contributed by atoms with van der Waals surface area (Å²) in [6.07, 6.45) is 5.19. The first kappa shape index (κ1) is 10.1. The van der Waals surface area contributed by atoms with Crippen molar-refractivity contribution in [2.24, 2.45) is 7.05 Å². The maximum Gasteiger partial charge on any atom is 0.212 e. The highest BCUT2D eigenvalue weighted by Crippen LogP contribution is 2.33. The Balaban J connectivity index is 1.92. The molecule has 0 N–H and O–H groups in total. The fourth-order valence-electron chi connectivity index (χ4n) is 2.94. The number of furan rings is 1. The van der Waals surface area contributed by atoms with Gasteiger partial charge in [0, 0.05) is 38.9 Å². The number of fused-ring (bicyclic) bond motifs is 3. The first-order valence-electron chi connectivity index (χ1n) is 8.62. The minimum atomic E-state index is -2.11. The summed E-state index contributed by atoms with van der Waals surface area (Å²) in [5, 5.41) is 2.03. The molecule has 1 aromatic carbocycles. The van der Waals surface area contributed by atoms with Crippen molar-refractivity contribution in [3.63, 3.8) is 0 Å². The molecule has 3 heterocycles. The molecule has 0 atom stereocenters. The Morgan fingerprint density at radius 3 is 2.86 bits per heavy atom. The topological polar surface area (TPSA) is 29.9 Å². The van der Waals surface area contributed by atoms with Gasteiger partial charge in [-0.3, -0.25) is 4.98 Å². The molecule has 0 saturated carbocycles. The molecule has 0 fully saturated rings. The van der Waals surface area contributed by atoms with Crippen LogP contribution in [-0.2, 0) is 7.05 Å². The molecule has 0 amide bonds. The van der Waals surface area contributed by atoms with Crippen LogP contribution in [0, 0.1) is 13.8 Å². The Bertz CT molecular complexity index is 1110. The van der Waals surface area contributed by atoms with Crippen LogP contribution in [0.2, 0.25) is 0 Å². The number of benzene rings is 1. The largest absolute Gasteiger partial charge is 0.456 e. The molecule has 4 rings (SSSR count). The van der Waals surface area contributed by atoms with E-state index in [0.717, 1.165) is 38.8 Å². The van der Waals surface area contributed by atoms with Crippen LogP contribution in [0.15, 0.2) is 53.3 Å². The number of aryl methyl sites for hydroxylation is 3. The monoisotopic (exact) mass is 292 g/mol. The van der Waals surface area contributed by atoms with E-state index in [0.29, 0.717) is 5.56 Å². The quantitative estimate of drug-likeness (QED) is 0.495. The Hall–Kier alpha value is -2.68. The summed E-state index contributed by atoms with van der Waals surface area (Å²) >= 11 is 0. The lowest BCUT2D eigenvalue weighted by molar-refractivity contribution is -0.660. The van der Waals surface area contributed by atoms with Gasteiger partial charge in [-0.25, -0.2) is 4.57 Å². The molecule has 0 spiro atoms. The predicted octanol–water partition coefficient (Wildman–Crippen LogP) is 4.09. The lowest BCUT2D eigenvalue weighted by Crippen LogP contribution is -2.31. The van der Waals surface area contributed by atoms with E-state index in [4.69, 9.17) is 8.53 Å². The van der Waals surface area contributed by atoms with E-state index in [1.165, 1.54) is 0 Å². The zero-order chi connectivity index (χ0) is 17.8. The van der Waals surface area contributed by atoms with Crippen LogP contribution in [-0.4, -0.2) is 4.98 Å². The number of aromatic nitrogens is 2. The van der Waals surface area contributed by atoms with Crippen LogP contribution in [0.25, 0.3) is 33.2 Å². The molecule has 3 aromatic heterocycles. The average Bonchev–Trinajstić information content (AvgIpc) is 2.91. The van der Waals surface area contributed by atoms with Gasteiger partial charge in [-0.2, -0.15) is 0 Å². The van der Waals surface area contributed by atoms with Crippen molar-refractivity contribution >= 4 is 21.9 Å². The molecule has 3 heteroatoms. The molecule has 3 nitrogen and oxygen atoms in total. The third-order valence-electron chi connectivity index (χ3n) is 4.03. The standard InChI is InChI=1S/C19H17N2O/c1-12-4-5-17(21(3)11-12)14-9-19-15(8-13(14)2)16-10-20-7-6-18(16)22-19/h4-11H,1-3H3/q+1/i1D3. The van der Waals surface area contributed by atoms with E-state index in [2.05, 4.69) is 11.1 Å². The fourth-order valence-corrected chi connectivity index (χ4v) is 2.94. The second-order valence-electron chi connectivity index (χ2n) is 5.55. The maximum absolute atomic E-state index is 7.56. The Morgan fingerprint density at radius 2 is 2.05 bits per heavy atom. The maximum atomic E-state index is 7.56. The van der Waals surface area contributed by atoms with Crippen LogP contribution >= 0.6 is 0 Å². The molecule has 0 aliphatic heterocycles. The highest BCUT2D eigenvalue weighted by molar-refractivity contribution is 6.05. The number of hydrogen-bond donors (Lipinski definition) is 0. The molecular weight excluding hydrogens is 272 g/mol. The van der Waals surface area contributed by atoms with Crippen molar-refractivity contribution in [2.75, 3.05) is 0 Å². The lowest BCUT2D eigenvalue weighted by atomic mass is 10.0. The van der Waals surface area contributed by atoms with Gasteiger partial charge in [-0.15, -0.1) is 0 Å². The van der Waals surface area contributed by atoms with Gasteiger partial charge in [0.25, 0.3) is 0 Å². The van der Waals surface area contributed by atoms with Crippen molar-refractivity contribution in [3.05, 3.63) is 60.0 Å². The van der Waals surface area contributed by atoms with Crippen LogP contribution in [0.1, 0.15) is 15.2 Å². The predicted molar refractivity (Wildman–Crippen MR) is 87.6 cm³/mol. The molecule has 4 aromatic rings. The van der Waals surface area contributed by atoms with Gasteiger partial charge >= 0.3 is 0 Å². The van der Waals surface area contributed by atoms with Gasteiger partial charge in [0.05, 0.1) is 5.56 Å². The molecule has 0 bridgehead atoms. The van der Waals surface area contributed by atoms with Gasteiger partial charge in [0.1, 0.15) is 18.2 Å². The minimum absolute atomic E-state index is 0.326. The number of nitrogens with zero attached hydrogens (tertiary/aromatic N) is 2. The third kappa shape index (κ3) is 1.90. The molecule has 0 radical (unpaired) electrons. The molecule has 108 valence electrons. The van der Waals surface area contributed by atoms with Gasteiger partial charge < -0.3 is 4.42 Å². The van der Waals surface area contributed by atoms with Crippen LogP contribution in [0.4, 0.5) is 0 Å². The van der Waals surface area contributed by atoms with E-state index in [9.17, 15) is 0 Å². The van der Waals surface area contributed by atoms with Crippen molar-refractivity contribution < 1.29 is 13.1 Å². The first-order valence-corrected chi connectivity index (χ1v) is 7.12. The van der Waals surface area contributed by atoms with Gasteiger partial charge in [0.2, 0.25) is 5.69 Å². The smallest absolute Gasteiger partial charge is 0.212 e. The first-order chi connectivity index (χ1) is 11.8. The van der Waals surface area contributed by atoms with E-state index in [1.54, 1.807) is 18.5 Å². The van der Waals surface area contributed by atoms with Crippen LogP contribution < -0.4 is 4.57 Å². The highest BCUT2D eigenvalue weighted by Gasteiger charge is 2.16. The zero-order valence-electron chi connectivity index (χ0n) is 15.4. The summed E-state index contributed by atoms with van der Waals surface area (Å²) in [5.74, 6) is 0. The summed E-state index contributed by atoms with van der Waals surface area (Å²) in [6.45, 7) is -0.0668. The lowest BCUT2D eigenvalue weighted by Gasteiger charge is -2.05. The van der Waals surface area contributed by atoms with Crippen molar-refractivity contribution in [1.29, 1.82) is 0 Å². The van der Waals surface area contributed by atoms with Crippen molar-refractivity contribution in [3.8, 4) is 11.3 Å². The third-order valence-corrected chi connectivity index (χ3v) is 4.03. The molecule has 0 aliphatic carbocycles. The molecule has 22 heavy (non-hydrogen) atoms. The van der Waals surface area contributed by atoms with Gasteiger partial charge in [-0.05, 0) is 43.6 Å². The summed E-state index contributed by atoms with van der Waals surface area (Å²) in [7, 11) is 1.86. The second-order valence-corrected chi connectivity index (χ2v) is 5.55. The summed E-state index contributed by atoms with van der Waals surface area (Å²) in [4.78, 5) is 4.17. The Kier molecular flexibility index (Phi) is 2.15. The van der Waals surface area contributed by atoms with Crippen LogP contribution in [0.3, 0.4) is 0 Å². The number of hydrogen-bond acceptors (Lipinski definition) is 2. The summed E-state index contributed by atoms with van der Waals surface area (Å²) in [5.41, 5.74) is 4.97. The Labute approximate surface area is 133 Å². The van der Waals surface area contributed by atoms with Crippen molar-refractivity contribution in [2.45, 2.75) is 13.8 Å². The SMILES string of the molecule is [2H]C([2H])([2H])c1ccc(-c2cc3oc4ccncc4c3cc2C)[n+](C)c1. The molecule has 0 unspecified atom stereocenters. The molecule has 0 aliphatic rings. The van der Waals surface area contributed by atoms with Crippen LogP contribution in [0.5, 0.6) is 0 Å². The molecular formula is C19H17N2O+. The van der Waals surface area contributed by atoms with E-state index < -0.39 is 6.85 Å².